The lowest BCUT2D eigenvalue weighted by Gasteiger charge is -2.26. The highest BCUT2D eigenvalue weighted by Gasteiger charge is 2.18. The van der Waals surface area contributed by atoms with Crippen molar-refractivity contribution in [3.8, 4) is 0 Å². The molecule has 1 aliphatic rings. The molecule has 2 rings (SSSR count). The second-order valence-electron chi connectivity index (χ2n) is 4.22. The topological polar surface area (TPSA) is 77.0 Å². The summed E-state index contributed by atoms with van der Waals surface area (Å²) in [6.07, 6.45) is 4.53. The minimum atomic E-state index is 0.399. The fourth-order valence-corrected chi connectivity index (χ4v) is 1.97. The average molecular weight is 210 g/mol. The molecule has 5 heteroatoms. The summed E-state index contributed by atoms with van der Waals surface area (Å²) < 4.78 is 4.90. The van der Waals surface area contributed by atoms with E-state index in [1.165, 1.54) is 0 Å². The normalized spacial score (nSPS) is 26.8. The van der Waals surface area contributed by atoms with Crippen LogP contribution in [0.15, 0.2) is 4.52 Å². The van der Waals surface area contributed by atoms with Gasteiger partial charge in [0, 0.05) is 19.0 Å². The van der Waals surface area contributed by atoms with Gasteiger partial charge >= 0.3 is 0 Å². The third-order valence-corrected chi connectivity index (χ3v) is 2.89. The van der Waals surface area contributed by atoms with E-state index in [0.717, 1.165) is 31.5 Å². The third-order valence-electron chi connectivity index (χ3n) is 2.89. The number of hydrogen-bond donors (Lipinski definition) is 2. The lowest BCUT2D eigenvalue weighted by atomic mass is 9.92. The highest BCUT2D eigenvalue weighted by molar-refractivity contribution is 4.85. The molecule has 15 heavy (non-hydrogen) atoms. The Morgan fingerprint density at radius 1 is 1.40 bits per heavy atom. The standard InChI is InChI=1S/C10H18N4O/c1-7-13-10(14-15-7)6-12-9-4-2-8(11)3-5-9/h8-9,12H,2-6,11H2,1H3. The Hall–Kier alpha value is -0.940. The van der Waals surface area contributed by atoms with Crippen LogP contribution in [0.25, 0.3) is 0 Å². The maximum atomic E-state index is 5.84. The van der Waals surface area contributed by atoms with Crippen molar-refractivity contribution in [3.63, 3.8) is 0 Å². The molecule has 0 atom stereocenters. The van der Waals surface area contributed by atoms with E-state index >= 15 is 0 Å². The van der Waals surface area contributed by atoms with Crippen LogP contribution >= 0.6 is 0 Å². The number of nitrogens with zero attached hydrogens (tertiary/aromatic N) is 2. The summed E-state index contributed by atoms with van der Waals surface area (Å²) in [6, 6.07) is 0.957. The van der Waals surface area contributed by atoms with Gasteiger partial charge in [-0.2, -0.15) is 4.98 Å². The number of rotatable bonds is 3. The predicted molar refractivity (Wildman–Crippen MR) is 56.1 cm³/mol. The molecule has 1 aromatic heterocycles. The van der Waals surface area contributed by atoms with Crippen molar-refractivity contribution in [2.75, 3.05) is 0 Å². The fourth-order valence-electron chi connectivity index (χ4n) is 1.97. The number of aryl methyl sites for hydroxylation is 1. The second-order valence-corrected chi connectivity index (χ2v) is 4.22. The van der Waals surface area contributed by atoms with Gasteiger partial charge < -0.3 is 15.6 Å². The molecular weight excluding hydrogens is 192 g/mol. The van der Waals surface area contributed by atoms with Gasteiger partial charge in [0.2, 0.25) is 5.89 Å². The molecule has 84 valence electrons. The summed E-state index contributed by atoms with van der Waals surface area (Å²) in [5.74, 6) is 1.36. The molecule has 0 radical (unpaired) electrons. The first-order valence-corrected chi connectivity index (χ1v) is 5.52. The van der Waals surface area contributed by atoms with Gasteiger partial charge in [-0.05, 0) is 25.7 Å². The molecule has 1 aromatic rings. The van der Waals surface area contributed by atoms with Crippen LogP contribution in [0.5, 0.6) is 0 Å². The molecular formula is C10H18N4O. The molecule has 0 bridgehead atoms. The molecule has 5 nitrogen and oxygen atoms in total. The van der Waals surface area contributed by atoms with Crippen molar-refractivity contribution in [1.82, 2.24) is 15.5 Å². The highest BCUT2D eigenvalue weighted by atomic mass is 16.5. The first-order chi connectivity index (χ1) is 7.24. The molecule has 0 spiro atoms. The number of hydrogen-bond acceptors (Lipinski definition) is 5. The van der Waals surface area contributed by atoms with Crippen molar-refractivity contribution < 1.29 is 4.52 Å². The van der Waals surface area contributed by atoms with Crippen LogP contribution in [0.4, 0.5) is 0 Å². The molecule has 0 aromatic carbocycles. The van der Waals surface area contributed by atoms with Crippen molar-refractivity contribution >= 4 is 0 Å². The molecule has 0 amide bonds. The summed E-state index contributed by atoms with van der Waals surface area (Å²) in [5.41, 5.74) is 5.84. The van der Waals surface area contributed by atoms with Crippen LogP contribution in [0.1, 0.15) is 37.4 Å². The van der Waals surface area contributed by atoms with Crippen LogP contribution in [0.3, 0.4) is 0 Å². The van der Waals surface area contributed by atoms with Crippen LogP contribution in [0.2, 0.25) is 0 Å². The Kier molecular flexibility index (Phi) is 3.33. The van der Waals surface area contributed by atoms with Gasteiger partial charge in [0.1, 0.15) is 0 Å². The number of aromatic nitrogens is 2. The van der Waals surface area contributed by atoms with Crippen molar-refractivity contribution in [1.29, 1.82) is 0 Å². The van der Waals surface area contributed by atoms with E-state index in [1.807, 2.05) is 0 Å². The van der Waals surface area contributed by atoms with Crippen molar-refractivity contribution in [2.24, 2.45) is 5.73 Å². The van der Waals surface area contributed by atoms with Crippen LogP contribution in [-0.2, 0) is 6.54 Å². The molecule has 0 aliphatic heterocycles. The lowest BCUT2D eigenvalue weighted by molar-refractivity contribution is 0.335. The zero-order valence-corrected chi connectivity index (χ0v) is 9.07. The quantitative estimate of drug-likeness (QED) is 0.769. The summed E-state index contributed by atoms with van der Waals surface area (Å²) in [6.45, 7) is 2.49. The van der Waals surface area contributed by atoms with E-state index in [2.05, 4.69) is 15.5 Å². The Morgan fingerprint density at radius 3 is 2.73 bits per heavy atom. The van der Waals surface area contributed by atoms with E-state index < -0.39 is 0 Å². The molecule has 3 N–H and O–H groups in total. The molecule has 0 unspecified atom stereocenters. The minimum Gasteiger partial charge on any atom is -0.340 e. The maximum Gasteiger partial charge on any atom is 0.223 e. The summed E-state index contributed by atoms with van der Waals surface area (Å²) in [5, 5.41) is 7.27. The SMILES string of the molecule is Cc1nc(CNC2CCC(N)CC2)no1. The lowest BCUT2D eigenvalue weighted by Crippen LogP contribution is -2.37. The number of nitrogens with one attached hydrogen (secondary N) is 1. The maximum absolute atomic E-state index is 5.84. The van der Waals surface area contributed by atoms with Crippen LogP contribution in [0, 0.1) is 6.92 Å². The number of nitrogens with two attached hydrogens (primary N) is 1. The molecule has 1 fully saturated rings. The van der Waals surface area contributed by atoms with Gasteiger partial charge in [-0.1, -0.05) is 5.16 Å². The minimum absolute atomic E-state index is 0.399. The largest absolute Gasteiger partial charge is 0.340 e. The molecule has 1 aliphatic carbocycles. The van der Waals surface area contributed by atoms with Gasteiger partial charge in [-0.25, -0.2) is 0 Å². The van der Waals surface area contributed by atoms with E-state index in [1.54, 1.807) is 6.92 Å². The fraction of sp³-hybridized carbons (Fsp3) is 0.800. The van der Waals surface area contributed by atoms with Crippen LogP contribution < -0.4 is 11.1 Å². The Balaban J connectivity index is 1.74. The predicted octanol–water partition coefficient (Wildman–Crippen LogP) is 0.738. The highest BCUT2D eigenvalue weighted by Crippen LogP contribution is 2.17. The first-order valence-electron chi connectivity index (χ1n) is 5.52. The summed E-state index contributed by atoms with van der Waals surface area (Å²) >= 11 is 0. The Labute approximate surface area is 89.4 Å². The molecule has 0 saturated heterocycles. The van der Waals surface area contributed by atoms with Gasteiger partial charge in [-0.3, -0.25) is 0 Å². The van der Waals surface area contributed by atoms with E-state index in [4.69, 9.17) is 10.3 Å². The van der Waals surface area contributed by atoms with Crippen LogP contribution in [-0.4, -0.2) is 22.2 Å². The van der Waals surface area contributed by atoms with E-state index in [9.17, 15) is 0 Å². The van der Waals surface area contributed by atoms with Gasteiger partial charge in [-0.15, -0.1) is 0 Å². The Bertz CT molecular complexity index is 304. The second kappa shape index (κ2) is 4.72. The zero-order valence-electron chi connectivity index (χ0n) is 9.07. The summed E-state index contributed by atoms with van der Waals surface area (Å²) in [4.78, 5) is 4.15. The average Bonchev–Trinajstić information content (AvgIpc) is 2.64. The van der Waals surface area contributed by atoms with Gasteiger partial charge in [0.15, 0.2) is 5.82 Å². The van der Waals surface area contributed by atoms with Gasteiger partial charge in [0.05, 0.1) is 6.54 Å². The van der Waals surface area contributed by atoms with E-state index in [0.29, 0.717) is 24.5 Å². The van der Waals surface area contributed by atoms with Crippen molar-refractivity contribution in [3.05, 3.63) is 11.7 Å². The van der Waals surface area contributed by atoms with Gasteiger partial charge in [0.25, 0.3) is 0 Å². The molecule has 1 saturated carbocycles. The summed E-state index contributed by atoms with van der Waals surface area (Å²) in [7, 11) is 0. The van der Waals surface area contributed by atoms with E-state index in [-0.39, 0.29) is 0 Å². The first kappa shape index (κ1) is 10.6. The Morgan fingerprint density at radius 2 is 2.13 bits per heavy atom. The molecule has 1 heterocycles. The zero-order chi connectivity index (χ0) is 10.7. The monoisotopic (exact) mass is 210 g/mol. The third kappa shape index (κ3) is 3.00. The van der Waals surface area contributed by atoms with Crippen molar-refractivity contribution in [2.45, 2.75) is 51.2 Å². The smallest absolute Gasteiger partial charge is 0.223 e.